The van der Waals surface area contributed by atoms with Gasteiger partial charge in [-0.25, -0.2) is 4.79 Å². The van der Waals surface area contributed by atoms with E-state index in [1.165, 1.54) is 0 Å². The summed E-state index contributed by atoms with van der Waals surface area (Å²) in [6, 6.07) is 6.05. The molecule has 1 aromatic carbocycles. The molecule has 0 saturated carbocycles. The third-order valence-corrected chi connectivity index (χ3v) is 5.90. The van der Waals surface area contributed by atoms with Crippen LogP contribution in [-0.2, 0) is 4.74 Å². The van der Waals surface area contributed by atoms with Crippen LogP contribution >= 0.6 is 15.9 Å². The lowest BCUT2D eigenvalue weighted by molar-refractivity contribution is 0.0158. The van der Waals surface area contributed by atoms with E-state index in [0.717, 1.165) is 54.7 Å². The van der Waals surface area contributed by atoms with Gasteiger partial charge in [0.15, 0.2) is 0 Å². The van der Waals surface area contributed by atoms with Gasteiger partial charge in [-0.2, -0.15) is 0 Å². The summed E-state index contributed by atoms with van der Waals surface area (Å²) in [7, 11) is 0. The SMILES string of the molecule is Cc1c(Br)cccc1OCCC(C)C1CCN(C(=O)OC(C)(C)C)CC1. The molecule has 1 aliphatic heterocycles. The zero-order valence-electron chi connectivity index (χ0n) is 16.7. The van der Waals surface area contributed by atoms with Crippen LogP contribution in [0.5, 0.6) is 5.75 Å². The standard InChI is InChI=1S/C21H32BrNO3/c1-15(11-14-25-19-8-6-7-18(22)16(19)2)17-9-12-23(13-10-17)20(24)26-21(3,4)5/h6-8,15,17H,9-14H2,1-5H3. The monoisotopic (exact) mass is 425 g/mol. The predicted octanol–water partition coefficient (Wildman–Crippen LogP) is 5.81. The quantitative estimate of drug-likeness (QED) is 0.597. The van der Waals surface area contributed by atoms with Crippen LogP contribution in [0.3, 0.4) is 0 Å². The second-order valence-corrected chi connectivity index (χ2v) is 9.14. The van der Waals surface area contributed by atoms with Crippen molar-refractivity contribution in [1.82, 2.24) is 4.90 Å². The molecular formula is C21H32BrNO3. The van der Waals surface area contributed by atoms with Gasteiger partial charge in [-0.3, -0.25) is 0 Å². The number of nitrogens with zero attached hydrogens (tertiary/aromatic N) is 1. The van der Waals surface area contributed by atoms with Crippen LogP contribution < -0.4 is 4.74 Å². The number of carbonyl (C=O) groups excluding carboxylic acids is 1. The van der Waals surface area contributed by atoms with Crippen molar-refractivity contribution in [2.75, 3.05) is 19.7 Å². The molecule has 1 atom stereocenters. The number of likely N-dealkylation sites (tertiary alicyclic amines) is 1. The molecule has 4 nitrogen and oxygen atoms in total. The molecule has 0 aromatic heterocycles. The first kappa shape index (κ1) is 21.1. The summed E-state index contributed by atoms with van der Waals surface area (Å²) < 4.78 is 12.5. The molecule has 146 valence electrons. The number of carbonyl (C=O) groups is 1. The van der Waals surface area contributed by atoms with Crippen LogP contribution in [-0.4, -0.2) is 36.3 Å². The fraction of sp³-hybridized carbons (Fsp3) is 0.667. The lowest BCUT2D eigenvalue weighted by atomic mass is 9.84. The second kappa shape index (κ2) is 9.12. The average molecular weight is 426 g/mol. The van der Waals surface area contributed by atoms with Crippen molar-refractivity contribution in [2.24, 2.45) is 11.8 Å². The summed E-state index contributed by atoms with van der Waals surface area (Å²) in [5.41, 5.74) is 0.717. The molecule has 0 aliphatic carbocycles. The van der Waals surface area contributed by atoms with Crippen molar-refractivity contribution in [1.29, 1.82) is 0 Å². The Morgan fingerprint density at radius 1 is 1.31 bits per heavy atom. The van der Waals surface area contributed by atoms with Crippen LogP contribution in [0.15, 0.2) is 22.7 Å². The maximum Gasteiger partial charge on any atom is 0.410 e. The third-order valence-electron chi connectivity index (χ3n) is 5.04. The minimum absolute atomic E-state index is 0.183. The first-order valence-corrected chi connectivity index (χ1v) is 10.3. The molecule has 26 heavy (non-hydrogen) atoms. The average Bonchev–Trinajstić information content (AvgIpc) is 2.57. The van der Waals surface area contributed by atoms with Gasteiger partial charge >= 0.3 is 6.09 Å². The van der Waals surface area contributed by atoms with Crippen molar-refractivity contribution in [2.45, 2.75) is 59.5 Å². The predicted molar refractivity (Wildman–Crippen MR) is 109 cm³/mol. The number of hydrogen-bond donors (Lipinski definition) is 0. The molecule has 1 amide bonds. The zero-order valence-corrected chi connectivity index (χ0v) is 18.3. The zero-order chi connectivity index (χ0) is 19.3. The highest BCUT2D eigenvalue weighted by Crippen LogP contribution is 2.29. The molecule has 2 rings (SSSR count). The first-order valence-electron chi connectivity index (χ1n) is 9.53. The summed E-state index contributed by atoms with van der Waals surface area (Å²) in [6.45, 7) is 12.4. The fourth-order valence-electron chi connectivity index (χ4n) is 3.31. The van der Waals surface area contributed by atoms with Crippen LogP contribution in [0.1, 0.15) is 52.5 Å². The van der Waals surface area contributed by atoms with Gasteiger partial charge in [0.1, 0.15) is 11.4 Å². The Labute approximate surface area is 166 Å². The number of hydrogen-bond acceptors (Lipinski definition) is 3. The number of amides is 1. The molecule has 1 aromatic rings. The number of ether oxygens (including phenoxy) is 2. The van der Waals surface area contributed by atoms with Gasteiger partial charge in [-0.15, -0.1) is 0 Å². The molecule has 1 unspecified atom stereocenters. The van der Waals surface area contributed by atoms with Gasteiger partial charge in [-0.05, 0) is 70.9 Å². The molecule has 0 bridgehead atoms. The van der Waals surface area contributed by atoms with E-state index >= 15 is 0 Å². The maximum atomic E-state index is 12.2. The van der Waals surface area contributed by atoms with Crippen molar-refractivity contribution in [3.8, 4) is 5.75 Å². The van der Waals surface area contributed by atoms with Gasteiger partial charge < -0.3 is 14.4 Å². The van der Waals surface area contributed by atoms with E-state index < -0.39 is 5.60 Å². The molecule has 5 heteroatoms. The summed E-state index contributed by atoms with van der Waals surface area (Å²) in [4.78, 5) is 14.0. The van der Waals surface area contributed by atoms with Crippen LogP contribution in [0, 0.1) is 18.8 Å². The minimum Gasteiger partial charge on any atom is -0.493 e. The Hall–Kier alpha value is -1.23. The molecule has 1 aliphatic rings. The highest BCUT2D eigenvalue weighted by atomic mass is 79.9. The van der Waals surface area contributed by atoms with Crippen molar-refractivity contribution in [3.63, 3.8) is 0 Å². The Balaban J connectivity index is 1.74. The number of piperidine rings is 1. The summed E-state index contributed by atoms with van der Waals surface area (Å²) in [6.07, 6.45) is 2.92. The first-order chi connectivity index (χ1) is 12.2. The van der Waals surface area contributed by atoms with E-state index in [1.54, 1.807) is 0 Å². The van der Waals surface area contributed by atoms with Crippen LogP contribution in [0.25, 0.3) is 0 Å². The number of halogens is 1. The van der Waals surface area contributed by atoms with Gasteiger partial charge in [-0.1, -0.05) is 28.9 Å². The molecule has 0 N–H and O–H groups in total. The normalized spacial score (nSPS) is 17.1. The Bertz CT molecular complexity index is 604. The van der Waals surface area contributed by atoms with Crippen molar-refractivity contribution in [3.05, 3.63) is 28.2 Å². The molecule has 1 saturated heterocycles. The highest BCUT2D eigenvalue weighted by Gasteiger charge is 2.29. The van der Waals surface area contributed by atoms with Crippen molar-refractivity contribution >= 4 is 22.0 Å². The number of rotatable bonds is 5. The summed E-state index contributed by atoms with van der Waals surface area (Å²) >= 11 is 3.54. The Morgan fingerprint density at radius 3 is 2.58 bits per heavy atom. The largest absolute Gasteiger partial charge is 0.493 e. The summed E-state index contributed by atoms with van der Waals surface area (Å²) in [5.74, 6) is 2.18. The maximum absolute atomic E-state index is 12.2. The number of benzene rings is 1. The van der Waals surface area contributed by atoms with Gasteiger partial charge in [0.2, 0.25) is 0 Å². The molecular weight excluding hydrogens is 394 g/mol. The van der Waals surface area contributed by atoms with Crippen LogP contribution in [0.2, 0.25) is 0 Å². The lowest BCUT2D eigenvalue weighted by Gasteiger charge is -2.35. The topological polar surface area (TPSA) is 38.8 Å². The third kappa shape index (κ3) is 6.19. The van der Waals surface area contributed by atoms with Crippen LogP contribution in [0.4, 0.5) is 4.79 Å². The van der Waals surface area contributed by atoms with E-state index in [0.29, 0.717) is 11.8 Å². The van der Waals surface area contributed by atoms with Gasteiger partial charge in [0.25, 0.3) is 0 Å². The van der Waals surface area contributed by atoms with Gasteiger partial charge in [0, 0.05) is 23.1 Å². The molecule has 1 fully saturated rings. The van der Waals surface area contributed by atoms with E-state index in [4.69, 9.17) is 9.47 Å². The molecule has 1 heterocycles. The lowest BCUT2D eigenvalue weighted by Crippen LogP contribution is -2.42. The highest BCUT2D eigenvalue weighted by molar-refractivity contribution is 9.10. The molecule has 0 radical (unpaired) electrons. The minimum atomic E-state index is -0.427. The van der Waals surface area contributed by atoms with Crippen molar-refractivity contribution < 1.29 is 14.3 Å². The molecule has 0 spiro atoms. The fourth-order valence-corrected chi connectivity index (χ4v) is 3.66. The van der Waals surface area contributed by atoms with E-state index in [2.05, 4.69) is 29.8 Å². The summed E-state index contributed by atoms with van der Waals surface area (Å²) in [5, 5.41) is 0. The van der Waals surface area contributed by atoms with E-state index in [9.17, 15) is 4.79 Å². The second-order valence-electron chi connectivity index (χ2n) is 8.28. The van der Waals surface area contributed by atoms with Gasteiger partial charge in [0.05, 0.1) is 6.61 Å². The Kier molecular flexibility index (Phi) is 7.39. The smallest absolute Gasteiger partial charge is 0.410 e. The van der Waals surface area contributed by atoms with E-state index in [-0.39, 0.29) is 6.09 Å². The van der Waals surface area contributed by atoms with E-state index in [1.807, 2.05) is 43.9 Å². The Morgan fingerprint density at radius 2 is 1.96 bits per heavy atom.